The van der Waals surface area contributed by atoms with Crippen LogP contribution in [0.4, 0.5) is 0 Å². The minimum absolute atomic E-state index is 0.103. The second-order valence-corrected chi connectivity index (χ2v) is 3.70. The van der Waals surface area contributed by atoms with Crippen molar-refractivity contribution in [1.29, 1.82) is 0 Å². The molecule has 2 rings (SSSR count). The van der Waals surface area contributed by atoms with Gasteiger partial charge in [-0.2, -0.15) is 0 Å². The highest BCUT2D eigenvalue weighted by Crippen LogP contribution is 2.25. The van der Waals surface area contributed by atoms with Crippen molar-refractivity contribution in [3.63, 3.8) is 0 Å². The van der Waals surface area contributed by atoms with Gasteiger partial charge < -0.3 is 4.74 Å². The molecule has 5 heteroatoms. The highest BCUT2D eigenvalue weighted by atomic mass is 35.5. The number of benzene rings is 1. The molecule has 0 saturated carbocycles. The first-order valence-electron chi connectivity index (χ1n) is 4.72. The largest absolute Gasteiger partial charge is 0.466 e. The van der Waals surface area contributed by atoms with Crippen LogP contribution in [-0.2, 0) is 9.53 Å². The molecule has 82 valence electrons. The molecule has 1 aromatic heterocycles. The maximum atomic E-state index is 10.1. The Bertz CT molecular complexity index is 499. The topological polar surface area (TPSA) is 52.1 Å². The van der Waals surface area contributed by atoms with Gasteiger partial charge in [-0.25, -0.2) is 9.97 Å². The van der Waals surface area contributed by atoms with Gasteiger partial charge in [-0.1, -0.05) is 18.2 Å². The maximum Gasteiger partial charge on any atom is 0.293 e. The lowest BCUT2D eigenvalue weighted by molar-refractivity contribution is -0.128. The van der Waals surface area contributed by atoms with Crippen molar-refractivity contribution in [3.05, 3.63) is 36.3 Å². The number of hydrogen-bond donors (Lipinski definition) is 0. The van der Waals surface area contributed by atoms with E-state index in [-0.39, 0.29) is 6.61 Å². The molecule has 0 aliphatic heterocycles. The van der Waals surface area contributed by atoms with E-state index in [1.807, 2.05) is 24.3 Å². The van der Waals surface area contributed by atoms with Crippen LogP contribution in [0.2, 0.25) is 0 Å². The van der Waals surface area contributed by atoms with E-state index < -0.39 is 5.38 Å². The number of nitrogens with zero attached hydrogens (tertiary/aromatic N) is 2. The third-order valence-corrected chi connectivity index (χ3v) is 2.51. The van der Waals surface area contributed by atoms with Crippen molar-refractivity contribution in [2.45, 2.75) is 5.38 Å². The van der Waals surface area contributed by atoms with E-state index in [1.54, 1.807) is 0 Å². The molecule has 0 bridgehead atoms. The summed E-state index contributed by atoms with van der Waals surface area (Å²) in [6, 6.07) is 7.55. The Kier molecular flexibility index (Phi) is 3.31. The van der Waals surface area contributed by atoms with Gasteiger partial charge in [0, 0.05) is 5.39 Å². The summed E-state index contributed by atoms with van der Waals surface area (Å²) in [4.78, 5) is 18.3. The number of aromatic nitrogens is 2. The molecule has 0 fully saturated rings. The van der Waals surface area contributed by atoms with Crippen molar-refractivity contribution in [3.8, 4) is 0 Å². The van der Waals surface area contributed by atoms with E-state index in [1.165, 1.54) is 6.33 Å². The maximum absolute atomic E-state index is 10.1. The van der Waals surface area contributed by atoms with Gasteiger partial charge in [0.05, 0.1) is 11.2 Å². The summed E-state index contributed by atoms with van der Waals surface area (Å²) in [5.74, 6) is 0. The third kappa shape index (κ3) is 2.12. The predicted molar refractivity (Wildman–Crippen MR) is 60.1 cm³/mol. The molecule has 1 unspecified atom stereocenters. The van der Waals surface area contributed by atoms with E-state index in [4.69, 9.17) is 11.6 Å². The number of rotatable bonds is 4. The first kappa shape index (κ1) is 10.8. The van der Waals surface area contributed by atoms with E-state index >= 15 is 0 Å². The predicted octanol–water partition coefficient (Wildman–Crippen LogP) is 2.08. The van der Waals surface area contributed by atoms with E-state index in [0.717, 1.165) is 10.9 Å². The summed E-state index contributed by atoms with van der Waals surface area (Å²) in [6.07, 6.45) is 1.45. The summed E-state index contributed by atoms with van der Waals surface area (Å²) in [5.41, 5.74) is 1.50. The zero-order valence-corrected chi connectivity index (χ0v) is 9.09. The number of carbonyl (C=O) groups excluding carboxylic acids is 1. The lowest BCUT2D eigenvalue weighted by atomic mass is 10.1. The normalized spacial score (nSPS) is 12.3. The molecule has 4 nitrogen and oxygen atoms in total. The second kappa shape index (κ2) is 4.90. The van der Waals surface area contributed by atoms with E-state index in [9.17, 15) is 4.79 Å². The monoisotopic (exact) mass is 236 g/mol. The minimum atomic E-state index is -0.460. The van der Waals surface area contributed by atoms with Gasteiger partial charge in [-0.15, -0.1) is 11.6 Å². The fourth-order valence-electron chi connectivity index (χ4n) is 1.48. The molecule has 0 N–H and O–H groups in total. The van der Waals surface area contributed by atoms with Gasteiger partial charge in [0.25, 0.3) is 6.47 Å². The van der Waals surface area contributed by atoms with Crippen molar-refractivity contribution < 1.29 is 9.53 Å². The molecular formula is C11H9ClN2O2. The second-order valence-electron chi connectivity index (χ2n) is 3.17. The van der Waals surface area contributed by atoms with Crippen molar-refractivity contribution in [2.24, 2.45) is 0 Å². The molecule has 0 radical (unpaired) electrons. The average molecular weight is 237 g/mol. The fourth-order valence-corrected chi connectivity index (χ4v) is 1.72. The average Bonchev–Trinajstić information content (AvgIpc) is 2.35. The van der Waals surface area contributed by atoms with Crippen LogP contribution in [-0.4, -0.2) is 23.0 Å². The molecule has 0 aliphatic rings. The van der Waals surface area contributed by atoms with Crippen molar-refractivity contribution >= 4 is 29.0 Å². The Morgan fingerprint density at radius 2 is 2.19 bits per heavy atom. The summed E-state index contributed by atoms with van der Waals surface area (Å²) in [7, 11) is 0. The number of carbonyl (C=O) groups is 1. The smallest absolute Gasteiger partial charge is 0.293 e. The van der Waals surface area contributed by atoms with Gasteiger partial charge in [-0.05, 0) is 6.07 Å². The SMILES string of the molecule is O=COCC(Cl)c1ncnc2ccccc12. The minimum Gasteiger partial charge on any atom is -0.466 e. The Hall–Kier alpha value is -1.68. The van der Waals surface area contributed by atoms with Crippen LogP contribution in [0.3, 0.4) is 0 Å². The zero-order chi connectivity index (χ0) is 11.4. The van der Waals surface area contributed by atoms with Gasteiger partial charge in [0.1, 0.15) is 18.3 Å². The Morgan fingerprint density at radius 1 is 1.38 bits per heavy atom. The number of ether oxygens (including phenoxy) is 1. The van der Waals surface area contributed by atoms with Crippen molar-refractivity contribution in [1.82, 2.24) is 9.97 Å². The summed E-state index contributed by atoms with van der Waals surface area (Å²) in [5, 5.41) is 0.414. The fraction of sp³-hybridized carbons (Fsp3) is 0.182. The van der Waals surface area contributed by atoms with Gasteiger partial charge in [-0.3, -0.25) is 4.79 Å². The lowest BCUT2D eigenvalue weighted by Crippen LogP contribution is -2.04. The number of halogens is 1. The van der Waals surface area contributed by atoms with Crippen LogP contribution in [0, 0.1) is 0 Å². The Morgan fingerprint density at radius 3 is 3.00 bits per heavy atom. The van der Waals surface area contributed by atoms with Gasteiger partial charge in [0.15, 0.2) is 0 Å². The Labute approximate surface area is 97.2 Å². The number of alkyl halides is 1. The molecule has 2 aromatic rings. The summed E-state index contributed by atoms with van der Waals surface area (Å²) < 4.78 is 4.63. The van der Waals surface area contributed by atoms with E-state index in [0.29, 0.717) is 12.2 Å². The highest BCUT2D eigenvalue weighted by Gasteiger charge is 2.13. The van der Waals surface area contributed by atoms with Crippen LogP contribution < -0.4 is 0 Å². The molecule has 16 heavy (non-hydrogen) atoms. The van der Waals surface area contributed by atoms with Gasteiger partial charge in [0.2, 0.25) is 0 Å². The third-order valence-electron chi connectivity index (χ3n) is 2.18. The lowest BCUT2D eigenvalue weighted by Gasteiger charge is -2.09. The van der Waals surface area contributed by atoms with E-state index in [2.05, 4.69) is 14.7 Å². The van der Waals surface area contributed by atoms with Crippen molar-refractivity contribution in [2.75, 3.05) is 6.61 Å². The molecule has 0 saturated heterocycles. The van der Waals surface area contributed by atoms with Crippen LogP contribution in [0.25, 0.3) is 10.9 Å². The van der Waals surface area contributed by atoms with Crippen LogP contribution in [0.1, 0.15) is 11.1 Å². The Balaban J connectivity index is 2.39. The quantitative estimate of drug-likeness (QED) is 0.603. The standard InChI is InChI=1S/C11H9ClN2O2/c12-9(5-16-7-15)11-8-3-1-2-4-10(8)13-6-14-11/h1-4,6-7,9H,5H2. The summed E-state index contributed by atoms with van der Waals surface area (Å²) in [6.45, 7) is 0.477. The molecule has 0 aliphatic carbocycles. The molecular weight excluding hydrogens is 228 g/mol. The number of hydrogen-bond acceptors (Lipinski definition) is 4. The van der Waals surface area contributed by atoms with Gasteiger partial charge >= 0.3 is 0 Å². The highest BCUT2D eigenvalue weighted by molar-refractivity contribution is 6.21. The molecule has 1 heterocycles. The molecule has 1 aromatic carbocycles. The zero-order valence-electron chi connectivity index (χ0n) is 8.34. The number of para-hydroxylation sites is 1. The first-order chi connectivity index (χ1) is 7.83. The molecule has 0 spiro atoms. The molecule has 1 atom stereocenters. The first-order valence-corrected chi connectivity index (χ1v) is 5.15. The van der Waals surface area contributed by atoms with Crippen LogP contribution in [0.15, 0.2) is 30.6 Å². The summed E-state index contributed by atoms with van der Waals surface area (Å²) >= 11 is 6.09. The van der Waals surface area contributed by atoms with Crippen LogP contribution in [0.5, 0.6) is 0 Å². The van der Waals surface area contributed by atoms with Crippen LogP contribution >= 0.6 is 11.6 Å². The molecule has 0 amide bonds. The number of fused-ring (bicyclic) bond motifs is 1.